The molecule has 3 N–H and O–H groups in total. The fourth-order valence-electron chi connectivity index (χ4n) is 5.90. The molecule has 2 aliphatic heterocycles. The fourth-order valence-corrected chi connectivity index (χ4v) is 6.01. The molecule has 0 aromatic carbocycles. The maximum Gasteiger partial charge on any atom is 0.315 e. The van der Waals surface area contributed by atoms with Gasteiger partial charge in [-0.05, 0) is 29.6 Å². The lowest BCUT2D eigenvalue weighted by Crippen LogP contribution is -2.61. The van der Waals surface area contributed by atoms with Gasteiger partial charge in [0, 0.05) is 13.1 Å². The molecule has 6 atom stereocenters. The van der Waals surface area contributed by atoms with Gasteiger partial charge in [0.25, 0.3) is 23.4 Å². The maximum atomic E-state index is 13.8. The van der Waals surface area contributed by atoms with Gasteiger partial charge in [-0.25, -0.2) is 9.40 Å². The molecule has 3 aliphatic rings. The van der Waals surface area contributed by atoms with Crippen molar-refractivity contribution in [1.29, 1.82) is 0 Å². The first-order chi connectivity index (χ1) is 17.8. The average molecular weight is 566 g/mol. The molecule has 14 heteroatoms. The third-order valence-corrected chi connectivity index (χ3v) is 8.49. The van der Waals surface area contributed by atoms with Crippen LogP contribution >= 0.6 is 11.6 Å². The first-order valence-electron chi connectivity index (χ1n) is 12.8. The number of carbonyl (C=O) groups is 5. The number of carbonyl (C=O) groups excluding carboxylic acids is 5. The Morgan fingerprint density at radius 2 is 1.82 bits per heavy atom. The number of hydrazine groups is 1. The highest BCUT2D eigenvalue weighted by atomic mass is 35.5. The Morgan fingerprint density at radius 3 is 2.32 bits per heavy atom. The Balaban J connectivity index is 1.87. The number of fused-ring (bicyclic) bond motifs is 1. The number of rotatable bonds is 10. The van der Waals surface area contributed by atoms with E-state index >= 15 is 0 Å². The van der Waals surface area contributed by atoms with Crippen molar-refractivity contribution in [2.45, 2.75) is 71.1 Å². The molecule has 2 heterocycles. The van der Waals surface area contributed by atoms with Crippen LogP contribution in [0.2, 0.25) is 0 Å². The first kappa shape index (κ1) is 30.0. The van der Waals surface area contributed by atoms with Crippen LogP contribution in [0.1, 0.15) is 47.0 Å². The maximum absolute atomic E-state index is 13.8. The van der Waals surface area contributed by atoms with Crippen LogP contribution in [0, 0.1) is 29.1 Å². The Hall–Kier alpha value is -2.57. The molecule has 1 saturated carbocycles. The van der Waals surface area contributed by atoms with Gasteiger partial charge in [0.2, 0.25) is 11.8 Å². The number of hydrogen-bond acceptors (Lipinski definition) is 5. The van der Waals surface area contributed by atoms with E-state index < -0.39 is 59.6 Å². The van der Waals surface area contributed by atoms with E-state index in [0.717, 1.165) is 0 Å². The highest BCUT2D eigenvalue weighted by molar-refractivity contribution is 6.29. The van der Waals surface area contributed by atoms with Crippen molar-refractivity contribution in [3.63, 3.8) is 0 Å². The smallest absolute Gasteiger partial charge is 0.315 e. The fraction of sp³-hybridized carbons (Fsp3) is 0.792. The van der Waals surface area contributed by atoms with Crippen molar-refractivity contribution in [1.82, 2.24) is 26.0 Å². The normalized spacial score (nSPS) is 27.0. The Labute approximate surface area is 224 Å². The van der Waals surface area contributed by atoms with E-state index in [0.29, 0.717) is 30.8 Å². The Bertz CT molecular complexity index is 964. The van der Waals surface area contributed by atoms with Gasteiger partial charge in [-0.1, -0.05) is 52.1 Å². The van der Waals surface area contributed by atoms with Crippen molar-refractivity contribution in [3.8, 4) is 0 Å². The number of hydrogen-bond donors (Lipinski definition) is 3. The average Bonchev–Trinajstić information content (AvgIpc) is 3.21. The van der Waals surface area contributed by atoms with Crippen molar-refractivity contribution in [3.05, 3.63) is 0 Å². The highest BCUT2D eigenvalue weighted by Gasteiger charge is 2.69. The minimum atomic E-state index is -3.32. The summed E-state index contributed by atoms with van der Waals surface area (Å²) >= 11 is 5.36. The topological polar surface area (TPSA) is 128 Å². The minimum Gasteiger partial charge on any atom is -0.356 e. The predicted molar refractivity (Wildman–Crippen MR) is 130 cm³/mol. The number of nitrogens with one attached hydrogen (secondary N) is 3. The predicted octanol–water partition coefficient (Wildman–Crippen LogP) is 1.19. The lowest BCUT2D eigenvalue weighted by atomic mass is 9.91. The molecule has 10 nitrogen and oxygen atoms in total. The van der Waals surface area contributed by atoms with Crippen LogP contribution in [0.4, 0.5) is 13.2 Å². The minimum absolute atomic E-state index is 0.0814. The third kappa shape index (κ3) is 5.86. The Morgan fingerprint density at radius 1 is 1.18 bits per heavy atom. The summed E-state index contributed by atoms with van der Waals surface area (Å²) in [6.07, 6.45) is -2.12. The zero-order valence-electron chi connectivity index (χ0n) is 21.8. The molecule has 0 aromatic heterocycles. The highest BCUT2D eigenvalue weighted by Crippen LogP contribution is 2.65. The van der Waals surface area contributed by atoms with E-state index in [1.807, 2.05) is 13.8 Å². The van der Waals surface area contributed by atoms with Gasteiger partial charge >= 0.3 is 6.43 Å². The molecule has 0 bridgehead atoms. The van der Waals surface area contributed by atoms with Crippen molar-refractivity contribution < 1.29 is 37.1 Å². The summed E-state index contributed by atoms with van der Waals surface area (Å²) in [6, 6.07) is -2.38. The van der Waals surface area contributed by atoms with Crippen LogP contribution in [0.25, 0.3) is 0 Å². The van der Waals surface area contributed by atoms with Crippen LogP contribution < -0.4 is 16.1 Å². The molecule has 38 heavy (non-hydrogen) atoms. The van der Waals surface area contributed by atoms with Crippen LogP contribution in [-0.4, -0.2) is 83.2 Å². The molecule has 2 saturated heterocycles. The number of likely N-dealkylation sites (tertiary alicyclic amines) is 1. The molecule has 3 fully saturated rings. The van der Waals surface area contributed by atoms with Crippen LogP contribution in [-0.2, 0) is 24.0 Å². The zero-order valence-corrected chi connectivity index (χ0v) is 22.6. The summed E-state index contributed by atoms with van der Waals surface area (Å²) in [5.74, 6) is -6.21. The quantitative estimate of drug-likeness (QED) is 0.271. The van der Waals surface area contributed by atoms with Gasteiger partial charge in [0.15, 0.2) is 0 Å². The van der Waals surface area contributed by atoms with Crippen molar-refractivity contribution in [2.24, 2.45) is 29.1 Å². The van der Waals surface area contributed by atoms with Gasteiger partial charge < -0.3 is 15.5 Å². The second-order valence-corrected chi connectivity index (χ2v) is 11.1. The summed E-state index contributed by atoms with van der Waals surface area (Å²) in [7, 11) is 0. The lowest BCUT2D eigenvalue weighted by molar-refractivity contribution is -0.151. The van der Waals surface area contributed by atoms with Crippen molar-refractivity contribution in [2.75, 3.05) is 19.6 Å². The van der Waals surface area contributed by atoms with E-state index in [1.165, 1.54) is 4.90 Å². The molecular weight excluding hydrogens is 531 g/mol. The molecule has 1 aliphatic carbocycles. The summed E-state index contributed by atoms with van der Waals surface area (Å²) in [5.41, 5.74) is -0.444. The van der Waals surface area contributed by atoms with Gasteiger partial charge in [0.1, 0.15) is 12.1 Å². The van der Waals surface area contributed by atoms with Gasteiger partial charge in [-0.3, -0.25) is 29.4 Å². The lowest BCUT2D eigenvalue weighted by Gasteiger charge is -2.36. The van der Waals surface area contributed by atoms with E-state index in [9.17, 15) is 37.1 Å². The second kappa shape index (κ2) is 11.7. The molecule has 0 spiro atoms. The SMILES string of the molecule is CCC(CC)[C@H](NC(=O)C(F)F)C(=O)N1C[C@H]2[C@@H]([C@H]1C(=O)NN(C[C@@H]1CCNC1=O)C(=O)[C@H](F)Cl)C2(C)C. The first-order valence-corrected chi connectivity index (χ1v) is 13.3. The van der Waals surface area contributed by atoms with Crippen LogP contribution in [0.15, 0.2) is 0 Å². The number of halogens is 4. The largest absolute Gasteiger partial charge is 0.356 e. The standard InChI is InChI=1S/C24H35ClF3N5O5/c1-5-11(6-2)15(30-21(36)18(27)28)22(37)32-10-13-14(24(13,3)4)16(32)20(35)31-33(23(38)17(25)26)9-12-7-8-29-19(12)34/h11-18H,5-10H2,1-4H3,(H,29,34)(H,30,36)(H,31,35)/t12-,13-,14-,15-,16-,17-/m0/s1. The monoisotopic (exact) mass is 565 g/mol. The number of alkyl halides is 4. The van der Waals surface area contributed by atoms with Crippen LogP contribution in [0.5, 0.6) is 0 Å². The third-order valence-electron chi connectivity index (χ3n) is 8.31. The summed E-state index contributed by atoms with van der Waals surface area (Å²) in [5, 5.41) is 5.41. The van der Waals surface area contributed by atoms with E-state index in [1.54, 1.807) is 13.8 Å². The van der Waals surface area contributed by atoms with Gasteiger partial charge in [0.05, 0.1) is 12.5 Å². The van der Waals surface area contributed by atoms with E-state index in [-0.39, 0.29) is 36.2 Å². The van der Waals surface area contributed by atoms with Crippen LogP contribution in [0.3, 0.4) is 0 Å². The molecular formula is C24H35ClF3N5O5. The molecule has 0 aromatic rings. The molecule has 0 radical (unpaired) electrons. The molecule has 214 valence electrons. The number of nitrogens with zero attached hydrogens (tertiary/aromatic N) is 2. The van der Waals surface area contributed by atoms with Crippen molar-refractivity contribution >= 4 is 41.1 Å². The molecule has 0 unspecified atom stereocenters. The number of piperidine rings is 1. The molecule has 5 amide bonds. The van der Waals surface area contributed by atoms with Gasteiger partial charge in [-0.15, -0.1) is 0 Å². The summed E-state index contributed by atoms with van der Waals surface area (Å²) in [6.45, 7) is 7.56. The molecule has 3 rings (SSSR count). The summed E-state index contributed by atoms with van der Waals surface area (Å²) in [4.78, 5) is 64.8. The Kier molecular flexibility index (Phi) is 9.20. The number of amides is 5. The summed E-state index contributed by atoms with van der Waals surface area (Å²) < 4.78 is 39.9. The zero-order chi connectivity index (χ0) is 28.5. The van der Waals surface area contributed by atoms with Gasteiger partial charge in [-0.2, -0.15) is 8.78 Å². The van der Waals surface area contributed by atoms with E-state index in [2.05, 4.69) is 16.1 Å². The van der Waals surface area contributed by atoms with E-state index in [4.69, 9.17) is 11.6 Å². The second-order valence-electron chi connectivity index (χ2n) is 10.8.